The van der Waals surface area contributed by atoms with Crippen molar-refractivity contribution in [2.24, 2.45) is 0 Å². The molecule has 0 spiro atoms. The van der Waals surface area contributed by atoms with Crippen molar-refractivity contribution in [3.8, 4) is 0 Å². The summed E-state index contributed by atoms with van der Waals surface area (Å²) in [4.78, 5) is 24.4. The third-order valence-corrected chi connectivity index (χ3v) is 7.00. The molecule has 0 radical (unpaired) electrons. The van der Waals surface area contributed by atoms with Gasteiger partial charge in [0, 0.05) is 20.1 Å². The molecule has 6 nitrogen and oxygen atoms in total. The number of ether oxygens (including phenoxy) is 1. The van der Waals surface area contributed by atoms with Gasteiger partial charge in [0.05, 0.1) is 12.4 Å². The van der Waals surface area contributed by atoms with Gasteiger partial charge < -0.3 is 4.74 Å². The van der Waals surface area contributed by atoms with E-state index in [1.807, 2.05) is 0 Å². The fourth-order valence-corrected chi connectivity index (χ4v) is 6.31. The number of carbonyl (C=O) groups is 2. The van der Waals surface area contributed by atoms with Crippen molar-refractivity contribution in [2.75, 3.05) is 12.4 Å². The Kier molecular flexibility index (Phi) is 7.97. The van der Waals surface area contributed by atoms with Crippen LogP contribution in [0.1, 0.15) is 23.7 Å². The molecular weight excluding hydrogens is 358 g/mol. The molecule has 0 saturated heterocycles. The standard InChI is InChI=1S/C17H27NO5SSi/c1-5-23-17(20)15(13-16(19)14-9-7-6-8-10-14)18-24(21,22)11-12-25(2,3)4/h6-10,15,18H,5,11-13H2,1-4H3/t15-/m0/s1. The molecule has 0 aliphatic rings. The van der Waals surface area contributed by atoms with Crippen LogP contribution in [-0.4, -0.2) is 46.6 Å². The van der Waals surface area contributed by atoms with Gasteiger partial charge >= 0.3 is 5.97 Å². The quantitative estimate of drug-likeness (QED) is 0.380. The van der Waals surface area contributed by atoms with E-state index in [1.165, 1.54) is 0 Å². The highest BCUT2D eigenvalue weighted by atomic mass is 32.2. The number of hydrogen-bond donors (Lipinski definition) is 1. The van der Waals surface area contributed by atoms with Crippen molar-refractivity contribution in [3.63, 3.8) is 0 Å². The molecule has 0 bridgehead atoms. The zero-order valence-electron chi connectivity index (χ0n) is 15.2. The first-order chi connectivity index (χ1) is 11.5. The van der Waals surface area contributed by atoms with Crippen molar-refractivity contribution in [1.29, 1.82) is 0 Å². The normalized spacial score (nSPS) is 13.3. The molecule has 0 fully saturated rings. The highest BCUT2D eigenvalue weighted by Crippen LogP contribution is 2.12. The van der Waals surface area contributed by atoms with E-state index in [0.29, 0.717) is 11.6 Å². The highest BCUT2D eigenvalue weighted by Gasteiger charge is 2.29. The Balaban J connectivity index is 2.86. The second kappa shape index (κ2) is 9.26. The molecule has 0 saturated carbocycles. The van der Waals surface area contributed by atoms with Gasteiger partial charge in [-0.05, 0) is 13.0 Å². The molecule has 0 unspecified atom stereocenters. The van der Waals surface area contributed by atoms with Crippen LogP contribution in [0.3, 0.4) is 0 Å². The minimum absolute atomic E-state index is 0.0574. The Bertz CT molecular complexity index is 683. The van der Waals surface area contributed by atoms with Crippen LogP contribution >= 0.6 is 0 Å². The molecule has 0 amide bonds. The van der Waals surface area contributed by atoms with Gasteiger partial charge in [-0.15, -0.1) is 0 Å². The van der Waals surface area contributed by atoms with Gasteiger partial charge in [-0.3, -0.25) is 9.59 Å². The van der Waals surface area contributed by atoms with Gasteiger partial charge in [-0.1, -0.05) is 50.0 Å². The number of hydrogen-bond acceptors (Lipinski definition) is 5. The molecule has 0 aromatic heterocycles. The predicted octanol–water partition coefficient (Wildman–Crippen LogP) is 2.45. The lowest BCUT2D eigenvalue weighted by Gasteiger charge is -2.19. The monoisotopic (exact) mass is 385 g/mol. The summed E-state index contributed by atoms with van der Waals surface area (Å²) in [6.07, 6.45) is -0.269. The molecule has 1 aromatic rings. The van der Waals surface area contributed by atoms with Gasteiger partial charge in [0.1, 0.15) is 6.04 Å². The average molecular weight is 386 g/mol. The fourth-order valence-electron chi connectivity index (χ4n) is 2.06. The number of benzene rings is 1. The molecule has 0 aliphatic carbocycles. The zero-order chi connectivity index (χ0) is 19.1. The van der Waals surface area contributed by atoms with Crippen LogP contribution in [-0.2, 0) is 19.6 Å². The summed E-state index contributed by atoms with van der Waals surface area (Å²) in [6.45, 7) is 7.97. The molecular formula is C17H27NO5SSi. The maximum atomic E-state index is 12.3. The largest absolute Gasteiger partial charge is 0.465 e. The lowest BCUT2D eigenvalue weighted by molar-refractivity contribution is -0.145. The second-order valence-corrected chi connectivity index (χ2v) is 14.5. The second-order valence-electron chi connectivity index (χ2n) is 7.05. The maximum Gasteiger partial charge on any atom is 0.324 e. The molecule has 25 heavy (non-hydrogen) atoms. The van der Waals surface area contributed by atoms with E-state index >= 15 is 0 Å². The van der Waals surface area contributed by atoms with Gasteiger partial charge in [0.2, 0.25) is 10.0 Å². The van der Waals surface area contributed by atoms with Gasteiger partial charge in [-0.25, -0.2) is 13.1 Å². The summed E-state index contributed by atoms with van der Waals surface area (Å²) >= 11 is 0. The molecule has 0 heterocycles. The number of esters is 1. The summed E-state index contributed by atoms with van der Waals surface area (Å²) in [5.74, 6) is -1.10. The van der Waals surface area contributed by atoms with Gasteiger partial charge in [-0.2, -0.15) is 0 Å². The Morgan fingerprint density at radius 3 is 2.28 bits per heavy atom. The van der Waals surface area contributed by atoms with E-state index in [4.69, 9.17) is 4.74 Å². The average Bonchev–Trinajstić information content (AvgIpc) is 2.53. The number of rotatable bonds is 10. The molecule has 0 aliphatic heterocycles. The van der Waals surface area contributed by atoms with Crippen LogP contribution in [0.2, 0.25) is 25.7 Å². The van der Waals surface area contributed by atoms with Crippen LogP contribution in [0, 0.1) is 0 Å². The lowest BCUT2D eigenvalue weighted by atomic mass is 10.0. The van der Waals surface area contributed by atoms with Crippen LogP contribution in [0.15, 0.2) is 30.3 Å². The summed E-state index contributed by atoms with van der Waals surface area (Å²) in [6, 6.07) is 7.83. The highest BCUT2D eigenvalue weighted by molar-refractivity contribution is 7.89. The minimum Gasteiger partial charge on any atom is -0.465 e. The van der Waals surface area contributed by atoms with E-state index in [-0.39, 0.29) is 24.6 Å². The smallest absolute Gasteiger partial charge is 0.324 e. The minimum atomic E-state index is -3.67. The molecule has 1 aromatic carbocycles. The molecule has 1 atom stereocenters. The Labute approximate surface area is 151 Å². The Morgan fingerprint density at radius 1 is 1.16 bits per heavy atom. The Morgan fingerprint density at radius 2 is 1.76 bits per heavy atom. The van der Waals surface area contributed by atoms with E-state index in [2.05, 4.69) is 24.4 Å². The summed E-state index contributed by atoms with van der Waals surface area (Å²) in [5.41, 5.74) is 0.429. The first-order valence-electron chi connectivity index (χ1n) is 8.29. The van der Waals surface area contributed by atoms with E-state index in [0.717, 1.165) is 0 Å². The van der Waals surface area contributed by atoms with E-state index in [1.54, 1.807) is 37.3 Å². The SMILES string of the molecule is CCOC(=O)[C@H](CC(=O)c1ccccc1)NS(=O)(=O)CC[Si](C)(C)C. The third-order valence-electron chi connectivity index (χ3n) is 3.50. The molecule has 8 heteroatoms. The van der Waals surface area contributed by atoms with Crippen LogP contribution in [0.5, 0.6) is 0 Å². The summed E-state index contributed by atoms with van der Waals surface area (Å²) < 4.78 is 31.9. The molecule has 1 rings (SSSR count). The third kappa shape index (κ3) is 8.42. The topological polar surface area (TPSA) is 89.5 Å². The molecule has 140 valence electrons. The zero-order valence-corrected chi connectivity index (χ0v) is 17.1. The predicted molar refractivity (Wildman–Crippen MR) is 101 cm³/mol. The van der Waals surface area contributed by atoms with Crippen molar-refractivity contribution < 1.29 is 22.7 Å². The van der Waals surface area contributed by atoms with E-state index in [9.17, 15) is 18.0 Å². The first-order valence-corrected chi connectivity index (χ1v) is 13.6. The first kappa shape index (κ1) is 21.5. The summed E-state index contributed by atoms with van der Waals surface area (Å²) in [7, 11) is -5.22. The van der Waals surface area contributed by atoms with Crippen LogP contribution in [0.25, 0.3) is 0 Å². The number of carbonyl (C=O) groups excluding carboxylic acids is 2. The van der Waals surface area contributed by atoms with Gasteiger partial charge in [0.25, 0.3) is 0 Å². The van der Waals surface area contributed by atoms with E-state index < -0.39 is 30.1 Å². The van der Waals surface area contributed by atoms with Crippen molar-refractivity contribution >= 4 is 29.8 Å². The number of sulfonamides is 1. The maximum absolute atomic E-state index is 12.3. The van der Waals surface area contributed by atoms with Gasteiger partial charge in [0.15, 0.2) is 5.78 Å². The van der Waals surface area contributed by atoms with Crippen LogP contribution < -0.4 is 4.72 Å². The van der Waals surface area contributed by atoms with Crippen molar-refractivity contribution in [3.05, 3.63) is 35.9 Å². The lowest BCUT2D eigenvalue weighted by Crippen LogP contribution is -2.44. The number of nitrogens with one attached hydrogen (secondary N) is 1. The van der Waals surface area contributed by atoms with Crippen molar-refractivity contribution in [1.82, 2.24) is 4.72 Å². The number of ketones is 1. The van der Waals surface area contributed by atoms with Crippen molar-refractivity contribution in [2.45, 2.75) is 45.1 Å². The fraction of sp³-hybridized carbons (Fsp3) is 0.529. The number of Topliss-reactive ketones (excluding diaryl/α,β-unsaturated/α-hetero) is 1. The molecule has 1 N–H and O–H groups in total. The Hall–Kier alpha value is -1.51. The summed E-state index contributed by atoms with van der Waals surface area (Å²) in [5, 5.41) is 0. The van der Waals surface area contributed by atoms with Crippen LogP contribution in [0.4, 0.5) is 0 Å².